The number of amides is 1. The largest absolute Gasteiger partial charge is 0.338 e. The fourth-order valence-corrected chi connectivity index (χ4v) is 2.85. The predicted octanol–water partition coefficient (Wildman–Crippen LogP) is 1.08. The van der Waals surface area contributed by atoms with E-state index < -0.39 is 0 Å². The molecular weight excluding hydrogens is 318 g/mol. The van der Waals surface area contributed by atoms with Crippen LogP contribution in [0.4, 0.5) is 11.9 Å². The predicted molar refractivity (Wildman–Crippen MR) is 95.7 cm³/mol. The topological polar surface area (TPSA) is 78.4 Å². The Bertz CT molecular complexity index is 697. The van der Waals surface area contributed by atoms with Crippen molar-refractivity contribution in [1.29, 1.82) is 0 Å². The Morgan fingerprint density at radius 1 is 0.960 bits per heavy atom. The molecule has 3 heterocycles. The van der Waals surface area contributed by atoms with Crippen LogP contribution >= 0.6 is 0 Å². The Morgan fingerprint density at radius 3 is 2.12 bits per heavy atom. The van der Waals surface area contributed by atoms with Crippen LogP contribution in [-0.2, 0) is 0 Å². The van der Waals surface area contributed by atoms with Crippen molar-refractivity contribution in [1.82, 2.24) is 24.8 Å². The van der Waals surface area contributed by atoms with Gasteiger partial charge in [-0.15, -0.1) is 0 Å². The second kappa shape index (κ2) is 7.87. The summed E-state index contributed by atoms with van der Waals surface area (Å²) < 4.78 is 0. The lowest BCUT2D eigenvalue weighted by Gasteiger charge is -2.34. The summed E-state index contributed by atoms with van der Waals surface area (Å²) >= 11 is 0. The monoisotopic (exact) mass is 341 g/mol. The number of rotatable bonds is 5. The van der Waals surface area contributed by atoms with E-state index >= 15 is 0 Å². The molecule has 0 bridgehead atoms. The number of carbonyl (C=O) groups excluding carboxylic acids is 1. The summed E-state index contributed by atoms with van der Waals surface area (Å²) in [7, 11) is 0. The lowest BCUT2D eigenvalue weighted by atomic mass is 10.3. The van der Waals surface area contributed by atoms with Crippen LogP contribution in [0.1, 0.15) is 24.3 Å². The molecule has 1 aliphatic heterocycles. The zero-order valence-corrected chi connectivity index (χ0v) is 14.7. The number of piperazine rings is 1. The highest BCUT2D eigenvalue weighted by atomic mass is 16.2. The van der Waals surface area contributed by atoms with Crippen molar-refractivity contribution in [3.05, 3.63) is 36.4 Å². The van der Waals surface area contributed by atoms with E-state index in [0.717, 1.165) is 32.1 Å². The molecule has 1 amide bonds. The molecule has 3 rings (SSSR count). The van der Waals surface area contributed by atoms with Crippen molar-refractivity contribution >= 4 is 17.8 Å². The van der Waals surface area contributed by atoms with Gasteiger partial charge in [-0.3, -0.25) is 4.79 Å². The average molecular weight is 341 g/mol. The van der Waals surface area contributed by atoms with Gasteiger partial charge in [-0.05, 0) is 26.0 Å². The van der Waals surface area contributed by atoms with Gasteiger partial charge < -0.3 is 14.7 Å². The van der Waals surface area contributed by atoms with Gasteiger partial charge in [-0.1, -0.05) is 0 Å². The molecule has 0 atom stereocenters. The lowest BCUT2D eigenvalue weighted by molar-refractivity contribution is 0.0767. The van der Waals surface area contributed by atoms with Crippen molar-refractivity contribution in [3.63, 3.8) is 0 Å². The molecule has 0 spiro atoms. The Kier molecular flexibility index (Phi) is 5.37. The number of hydrogen-bond acceptors (Lipinski definition) is 7. The molecule has 0 N–H and O–H groups in total. The molecule has 1 fully saturated rings. The van der Waals surface area contributed by atoms with Crippen LogP contribution in [0, 0.1) is 0 Å². The van der Waals surface area contributed by atoms with Gasteiger partial charge in [0, 0.05) is 57.9 Å². The molecule has 0 unspecified atom stereocenters. The molecule has 2 aromatic rings. The molecule has 8 heteroatoms. The standard InChI is InChI=1S/C17H23N7O/c1-3-22(4-2)15(25)14-6-9-20-17(21-14)24-12-10-23(11-13-24)16-18-7-5-8-19-16/h5-9H,3-4,10-13H2,1-2H3. The van der Waals surface area contributed by atoms with Crippen molar-refractivity contribution < 1.29 is 4.79 Å². The first-order valence-electron chi connectivity index (χ1n) is 8.62. The Labute approximate surface area is 147 Å². The average Bonchev–Trinajstić information content (AvgIpc) is 2.70. The van der Waals surface area contributed by atoms with E-state index in [1.54, 1.807) is 29.6 Å². The minimum absolute atomic E-state index is 0.0510. The summed E-state index contributed by atoms with van der Waals surface area (Å²) in [6.45, 7) is 8.39. The van der Waals surface area contributed by atoms with Crippen molar-refractivity contribution in [2.75, 3.05) is 49.1 Å². The van der Waals surface area contributed by atoms with Crippen molar-refractivity contribution in [2.45, 2.75) is 13.8 Å². The van der Waals surface area contributed by atoms with Crippen LogP contribution in [0.2, 0.25) is 0 Å². The third-order valence-electron chi connectivity index (χ3n) is 4.31. The highest BCUT2D eigenvalue weighted by Crippen LogP contribution is 2.15. The van der Waals surface area contributed by atoms with E-state index in [4.69, 9.17) is 0 Å². The Hall–Kier alpha value is -2.77. The van der Waals surface area contributed by atoms with E-state index in [1.807, 2.05) is 19.9 Å². The molecule has 0 aliphatic carbocycles. The quantitative estimate of drug-likeness (QED) is 0.805. The van der Waals surface area contributed by atoms with Crippen molar-refractivity contribution in [3.8, 4) is 0 Å². The first-order valence-corrected chi connectivity index (χ1v) is 8.62. The Balaban J connectivity index is 1.67. The van der Waals surface area contributed by atoms with E-state index in [-0.39, 0.29) is 5.91 Å². The normalized spacial score (nSPS) is 14.5. The molecule has 2 aromatic heterocycles. The third kappa shape index (κ3) is 3.84. The highest BCUT2D eigenvalue weighted by molar-refractivity contribution is 5.92. The van der Waals surface area contributed by atoms with Crippen molar-refractivity contribution in [2.24, 2.45) is 0 Å². The van der Waals surface area contributed by atoms with Crippen LogP contribution in [-0.4, -0.2) is 70.0 Å². The van der Waals surface area contributed by atoms with Gasteiger partial charge in [-0.2, -0.15) is 0 Å². The minimum Gasteiger partial charge on any atom is -0.338 e. The number of anilines is 2. The van der Waals surface area contributed by atoms with Crippen LogP contribution in [0.5, 0.6) is 0 Å². The molecular formula is C17H23N7O. The number of carbonyl (C=O) groups is 1. The fraction of sp³-hybridized carbons (Fsp3) is 0.471. The summed E-state index contributed by atoms with van der Waals surface area (Å²) in [4.78, 5) is 35.9. The van der Waals surface area contributed by atoms with Gasteiger partial charge >= 0.3 is 0 Å². The van der Waals surface area contributed by atoms with Crippen LogP contribution in [0.25, 0.3) is 0 Å². The van der Waals surface area contributed by atoms with Gasteiger partial charge in [0.2, 0.25) is 11.9 Å². The number of nitrogens with zero attached hydrogens (tertiary/aromatic N) is 7. The highest BCUT2D eigenvalue weighted by Gasteiger charge is 2.22. The number of aromatic nitrogens is 4. The van der Waals surface area contributed by atoms with Crippen LogP contribution < -0.4 is 9.80 Å². The SMILES string of the molecule is CCN(CC)C(=O)c1ccnc(N2CCN(c3ncccn3)CC2)n1. The minimum atomic E-state index is -0.0510. The summed E-state index contributed by atoms with van der Waals surface area (Å²) in [6.07, 6.45) is 5.16. The first-order chi connectivity index (χ1) is 12.2. The summed E-state index contributed by atoms with van der Waals surface area (Å²) in [6, 6.07) is 3.49. The third-order valence-corrected chi connectivity index (χ3v) is 4.31. The number of hydrogen-bond donors (Lipinski definition) is 0. The summed E-state index contributed by atoms with van der Waals surface area (Å²) in [5.41, 5.74) is 0.447. The maximum atomic E-state index is 12.5. The van der Waals surface area contributed by atoms with Gasteiger partial charge in [0.15, 0.2) is 0 Å². The summed E-state index contributed by atoms with van der Waals surface area (Å²) in [5.74, 6) is 1.30. The van der Waals surface area contributed by atoms with Gasteiger partial charge in [0.25, 0.3) is 5.91 Å². The zero-order chi connectivity index (χ0) is 17.6. The van der Waals surface area contributed by atoms with E-state index in [0.29, 0.717) is 24.7 Å². The zero-order valence-electron chi connectivity index (χ0n) is 14.7. The van der Waals surface area contributed by atoms with E-state index in [9.17, 15) is 4.79 Å². The van der Waals surface area contributed by atoms with E-state index in [2.05, 4.69) is 29.7 Å². The van der Waals surface area contributed by atoms with Gasteiger partial charge in [-0.25, -0.2) is 19.9 Å². The maximum Gasteiger partial charge on any atom is 0.272 e. The molecule has 1 aliphatic rings. The molecule has 0 radical (unpaired) electrons. The van der Waals surface area contributed by atoms with Crippen LogP contribution in [0.3, 0.4) is 0 Å². The molecule has 25 heavy (non-hydrogen) atoms. The first kappa shape index (κ1) is 17.1. The summed E-state index contributed by atoms with van der Waals surface area (Å²) in [5, 5.41) is 0. The van der Waals surface area contributed by atoms with Gasteiger partial charge in [0.1, 0.15) is 5.69 Å². The van der Waals surface area contributed by atoms with Gasteiger partial charge in [0.05, 0.1) is 0 Å². The lowest BCUT2D eigenvalue weighted by Crippen LogP contribution is -2.47. The molecule has 1 saturated heterocycles. The molecule has 132 valence electrons. The fourth-order valence-electron chi connectivity index (χ4n) is 2.85. The van der Waals surface area contributed by atoms with E-state index in [1.165, 1.54) is 0 Å². The second-order valence-corrected chi connectivity index (χ2v) is 5.74. The molecule has 0 saturated carbocycles. The smallest absolute Gasteiger partial charge is 0.272 e. The molecule has 0 aromatic carbocycles. The Morgan fingerprint density at radius 2 is 1.52 bits per heavy atom. The molecule has 8 nitrogen and oxygen atoms in total. The second-order valence-electron chi connectivity index (χ2n) is 5.74. The maximum absolute atomic E-state index is 12.5. The van der Waals surface area contributed by atoms with Crippen LogP contribution in [0.15, 0.2) is 30.7 Å².